The second kappa shape index (κ2) is 6.72. The van der Waals surface area contributed by atoms with Gasteiger partial charge in [0.05, 0.1) is 18.1 Å². The van der Waals surface area contributed by atoms with Crippen LogP contribution in [0.2, 0.25) is 0 Å². The molecular formula is C21H16F2N2O2. The summed E-state index contributed by atoms with van der Waals surface area (Å²) in [4.78, 5) is 12.3. The van der Waals surface area contributed by atoms with Crippen molar-refractivity contribution in [3.05, 3.63) is 89.8 Å². The quantitative estimate of drug-likeness (QED) is 0.497. The van der Waals surface area contributed by atoms with E-state index in [4.69, 9.17) is 4.74 Å². The number of fused-ring (bicyclic) bond motifs is 1. The highest BCUT2D eigenvalue weighted by atomic mass is 19.1. The Morgan fingerprint density at radius 3 is 2.44 bits per heavy atom. The Hall–Kier alpha value is -3.41. The Bertz CT molecular complexity index is 1130. The van der Waals surface area contributed by atoms with Gasteiger partial charge in [0.2, 0.25) is 0 Å². The van der Waals surface area contributed by atoms with E-state index in [9.17, 15) is 13.6 Å². The Morgan fingerprint density at radius 2 is 1.74 bits per heavy atom. The summed E-state index contributed by atoms with van der Waals surface area (Å²) < 4.78 is 35.3. The molecule has 4 rings (SSSR count). The molecular weight excluding hydrogens is 350 g/mol. The molecule has 27 heavy (non-hydrogen) atoms. The summed E-state index contributed by atoms with van der Waals surface area (Å²) in [5.74, 6) is -1.13. The Morgan fingerprint density at radius 1 is 0.963 bits per heavy atom. The fraction of sp³-hybridized carbons (Fsp3) is 0.0952. The molecule has 136 valence electrons. The van der Waals surface area contributed by atoms with Crippen molar-refractivity contribution in [2.24, 2.45) is 0 Å². The van der Waals surface area contributed by atoms with Crippen molar-refractivity contribution in [1.82, 2.24) is 9.13 Å². The monoisotopic (exact) mass is 366 g/mol. The van der Waals surface area contributed by atoms with Crippen LogP contribution >= 0.6 is 0 Å². The summed E-state index contributed by atoms with van der Waals surface area (Å²) >= 11 is 0. The van der Waals surface area contributed by atoms with Crippen LogP contribution in [0.5, 0.6) is 0 Å². The van der Waals surface area contributed by atoms with Crippen LogP contribution in [0, 0.1) is 11.6 Å². The molecule has 0 aliphatic rings. The average Bonchev–Trinajstić information content (AvgIpc) is 3.22. The van der Waals surface area contributed by atoms with Crippen molar-refractivity contribution in [1.29, 1.82) is 0 Å². The van der Waals surface area contributed by atoms with Crippen LogP contribution in [0.3, 0.4) is 0 Å². The van der Waals surface area contributed by atoms with Gasteiger partial charge in [0.15, 0.2) is 0 Å². The second-order valence-electron chi connectivity index (χ2n) is 6.17. The fourth-order valence-electron chi connectivity index (χ4n) is 3.23. The van der Waals surface area contributed by atoms with Gasteiger partial charge < -0.3 is 13.9 Å². The Labute approximate surface area is 154 Å². The van der Waals surface area contributed by atoms with Crippen LogP contribution in [-0.2, 0) is 11.3 Å². The number of hydrogen-bond donors (Lipinski definition) is 0. The van der Waals surface area contributed by atoms with E-state index < -0.39 is 5.97 Å². The van der Waals surface area contributed by atoms with Crippen molar-refractivity contribution in [3.63, 3.8) is 0 Å². The van der Waals surface area contributed by atoms with E-state index >= 15 is 0 Å². The first-order chi connectivity index (χ1) is 13.1. The fourth-order valence-corrected chi connectivity index (χ4v) is 3.23. The van der Waals surface area contributed by atoms with Gasteiger partial charge in [0.1, 0.15) is 17.3 Å². The summed E-state index contributed by atoms with van der Waals surface area (Å²) in [6.07, 6.45) is 1.85. The number of hydrogen-bond acceptors (Lipinski definition) is 2. The van der Waals surface area contributed by atoms with Gasteiger partial charge in [-0.15, -0.1) is 0 Å². The molecule has 2 heterocycles. The molecule has 0 saturated carbocycles. The molecule has 0 saturated heterocycles. The minimum atomic E-state index is -0.478. The molecule has 2 aromatic heterocycles. The largest absolute Gasteiger partial charge is 0.464 e. The zero-order chi connectivity index (χ0) is 19.0. The SMILES string of the molecule is COC(=O)c1cc2c(ccn2-c2ccc(F)cc2)n1Cc1cccc(F)c1. The van der Waals surface area contributed by atoms with Crippen molar-refractivity contribution >= 4 is 17.0 Å². The van der Waals surface area contributed by atoms with E-state index in [1.165, 1.54) is 31.4 Å². The first kappa shape index (κ1) is 17.0. The molecule has 4 aromatic rings. The van der Waals surface area contributed by atoms with Crippen molar-refractivity contribution < 1.29 is 18.3 Å². The van der Waals surface area contributed by atoms with Crippen LogP contribution in [0.4, 0.5) is 8.78 Å². The maximum Gasteiger partial charge on any atom is 0.354 e. The number of carbonyl (C=O) groups is 1. The molecule has 6 heteroatoms. The van der Waals surface area contributed by atoms with Crippen LogP contribution in [0.15, 0.2) is 66.9 Å². The summed E-state index contributed by atoms with van der Waals surface area (Å²) in [5.41, 5.74) is 3.43. The van der Waals surface area contributed by atoms with Gasteiger partial charge in [0.25, 0.3) is 0 Å². The van der Waals surface area contributed by atoms with Crippen LogP contribution < -0.4 is 0 Å². The lowest BCUT2D eigenvalue weighted by molar-refractivity contribution is 0.0589. The maximum absolute atomic E-state index is 13.6. The number of carbonyl (C=O) groups excluding carboxylic acids is 1. The number of ether oxygens (including phenoxy) is 1. The lowest BCUT2D eigenvalue weighted by Crippen LogP contribution is -2.11. The first-order valence-corrected chi connectivity index (χ1v) is 8.36. The average molecular weight is 366 g/mol. The summed E-state index contributed by atoms with van der Waals surface area (Å²) in [6.45, 7) is 0.319. The van der Waals surface area contributed by atoms with Gasteiger partial charge >= 0.3 is 5.97 Å². The molecule has 0 radical (unpaired) electrons. The summed E-state index contributed by atoms with van der Waals surface area (Å²) in [6, 6.07) is 15.9. The highest BCUT2D eigenvalue weighted by Crippen LogP contribution is 2.26. The van der Waals surface area contributed by atoms with E-state index in [0.29, 0.717) is 12.2 Å². The van der Waals surface area contributed by atoms with Gasteiger partial charge in [0, 0.05) is 18.4 Å². The first-order valence-electron chi connectivity index (χ1n) is 8.36. The molecule has 0 aliphatic carbocycles. The standard InChI is InChI=1S/C21H16F2N2O2/c1-27-21(26)20-12-19-18(25(20)13-14-3-2-4-16(23)11-14)9-10-24(19)17-7-5-15(22)6-8-17/h2-12H,13H2,1H3. The number of methoxy groups -OCH3 is 1. The van der Waals surface area contributed by atoms with Gasteiger partial charge in [-0.05, 0) is 54.1 Å². The van der Waals surface area contributed by atoms with Gasteiger partial charge in [-0.25, -0.2) is 13.6 Å². The smallest absolute Gasteiger partial charge is 0.354 e. The molecule has 0 atom stereocenters. The highest BCUT2D eigenvalue weighted by Gasteiger charge is 2.19. The normalized spacial score (nSPS) is 11.1. The lowest BCUT2D eigenvalue weighted by atomic mass is 10.2. The molecule has 0 aliphatic heterocycles. The minimum Gasteiger partial charge on any atom is -0.464 e. The molecule has 0 amide bonds. The molecule has 0 unspecified atom stereocenters. The number of halogens is 2. The van der Waals surface area contributed by atoms with E-state index in [1.807, 2.05) is 16.8 Å². The number of aromatic nitrogens is 2. The molecule has 0 bridgehead atoms. The molecule has 2 aromatic carbocycles. The van der Waals surface area contributed by atoms with E-state index in [-0.39, 0.29) is 11.6 Å². The minimum absolute atomic E-state index is 0.318. The number of nitrogens with zero attached hydrogens (tertiary/aromatic N) is 2. The van der Waals surface area contributed by atoms with Gasteiger partial charge in [-0.1, -0.05) is 12.1 Å². The third-order valence-corrected chi connectivity index (χ3v) is 4.49. The molecule has 0 spiro atoms. The van der Waals surface area contributed by atoms with Crippen LogP contribution in [-0.4, -0.2) is 22.2 Å². The van der Waals surface area contributed by atoms with Crippen molar-refractivity contribution in [3.8, 4) is 5.69 Å². The summed E-state index contributed by atoms with van der Waals surface area (Å²) in [5, 5.41) is 0. The number of rotatable bonds is 4. The third kappa shape index (κ3) is 3.10. The Balaban J connectivity index is 1.86. The predicted molar refractivity (Wildman–Crippen MR) is 98.1 cm³/mol. The topological polar surface area (TPSA) is 36.2 Å². The molecule has 0 N–H and O–H groups in total. The third-order valence-electron chi connectivity index (χ3n) is 4.49. The lowest BCUT2D eigenvalue weighted by Gasteiger charge is -2.09. The van der Waals surface area contributed by atoms with E-state index in [1.54, 1.807) is 34.9 Å². The van der Waals surface area contributed by atoms with Crippen molar-refractivity contribution in [2.45, 2.75) is 6.54 Å². The summed E-state index contributed by atoms with van der Waals surface area (Å²) in [7, 11) is 1.32. The number of esters is 1. The van der Waals surface area contributed by atoms with Gasteiger partial charge in [-0.2, -0.15) is 0 Å². The predicted octanol–water partition coefficient (Wildman–Crippen LogP) is 4.55. The molecule has 0 fully saturated rings. The molecule has 4 nitrogen and oxygen atoms in total. The Kier molecular flexibility index (Phi) is 4.24. The van der Waals surface area contributed by atoms with Crippen LogP contribution in [0.25, 0.3) is 16.7 Å². The number of benzene rings is 2. The highest BCUT2D eigenvalue weighted by molar-refractivity contribution is 5.95. The van der Waals surface area contributed by atoms with Crippen LogP contribution in [0.1, 0.15) is 16.1 Å². The van der Waals surface area contributed by atoms with Crippen molar-refractivity contribution in [2.75, 3.05) is 7.11 Å². The second-order valence-corrected chi connectivity index (χ2v) is 6.17. The van der Waals surface area contributed by atoms with Gasteiger partial charge in [-0.3, -0.25) is 0 Å². The van der Waals surface area contributed by atoms with E-state index in [2.05, 4.69) is 0 Å². The van der Waals surface area contributed by atoms with E-state index in [0.717, 1.165) is 22.3 Å². The zero-order valence-corrected chi connectivity index (χ0v) is 14.5. The maximum atomic E-state index is 13.6. The zero-order valence-electron chi connectivity index (χ0n) is 14.5.